The molecule has 1 aliphatic heterocycles. The Hall–Kier alpha value is -4.88. The van der Waals surface area contributed by atoms with Crippen LogP contribution in [0.1, 0.15) is 49.2 Å². The molecule has 0 radical (unpaired) electrons. The van der Waals surface area contributed by atoms with Crippen LogP contribution in [0.4, 0.5) is 18.9 Å². The van der Waals surface area contributed by atoms with Crippen LogP contribution in [0.5, 0.6) is 0 Å². The summed E-state index contributed by atoms with van der Waals surface area (Å²) < 4.78 is 42.1. The molecule has 2 aromatic carbocycles. The lowest BCUT2D eigenvalue weighted by Gasteiger charge is -2.23. The van der Waals surface area contributed by atoms with Gasteiger partial charge in [0.05, 0.1) is 42.2 Å². The minimum absolute atomic E-state index is 0.155. The second-order valence-electron chi connectivity index (χ2n) is 11.1. The van der Waals surface area contributed by atoms with E-state index >= 15 is 0 Å². The molecule has 4 heterocycles. The van der Waals surface area contributed by atoms with E-state index < -0.39 is 23.5 Å². The normalized spacial score (nSPS) is 17.0. The van der Waals surface area contributed by atoms with Gasteiger partial charge in [-0.05, 0) is 60.4 Å². The number of aliphatic hydroxyl groups excluding tert-OH is 1. The van der Waals surface area contributed by atoms with Crippen LogP contribution < -0.4 is 10.9 Å². The largest absolute Gasteiger partial charge is 0.436 e. The smallest absolute Gasteiger partial charge is 0.392 e. The summed E-state index contributed by atoms with van der Waals surface area (Å²) in [6.07, 6.45) is 0.697. The summed E-state index contributed by atoms with van der Waals surface area (Å²) in [5.41, 5.74) is 2.39. The van der Waals surface area contributed by atoms with E-state index in [0.29, 0.717) is 36.2 Å². The van der Waals surface area contributed by atoms with Crippen LogP contribution in [0, 0.1) is 5.92 Å². The maximum Gasteiger partial charge on any atom is 0.436 e. The number of amides is 1. The molecule has 0 unspecified atom stereocenters. The first-order valence-electron chi connectivity index (χ1n) is 14.4. The summed E-state index contributed by atoms with van der Waals surface area (Å²) in [6, 6.07) is 14.2. The number of aliphatic hydroxyl groups is 1. The molecule has 2 N–H and O–H groups in total. The summed E-state index contributed by atoms with van der Waals surface area (Å²) in [5, 5.41) is 19.8. The van der Waals surface area contributed by atoms with Crippen molar-refractivity contribution >= 4 is 23.2 Å². The van der Waals surface area contributed by atoms with Gasteiger partial charge in [0.1, 0.15) is 0 Å². The van der Waals surface area contributed by atoms with Gasteiger partial charge in [0.25, 0.3) is 5.56 Å². The van der Waals surface area contributed by atoms with E-state index in [2.05, 4.69) is 25.6 Å². The van der Waals surface area contributed by atoms with Crippen molar-refractivity contribution in [3.05, 3.63) is 106 Å². The van der Waals surface area contributed by atoms with Crippen molar-refractivity contribution in [2.45, 2.75) is 45.0 Å². The van der Waals surface area contributed by atoms with Gasteiger partial charge in [0, 0.05) is 40.0 Å². The minimum Gasteiger partial charge on any atom is -0.392 e. The van der Waals surface area contributed by atoms with Crippen molar-refractivity contribution in [3.63, 3.8) is 0 Å². The van der Waals surface area contributed by atoms with Gasteiger partial charge in [-0.3, -0.25) is 19.1 Å². The van der Waals surface area contributed by atoms with Crippen LogP contribution in [0.3, 0.4) is 0 Å². The summed E-state index contributed by atoms with van der Waals surface area (Å²) in [4.78, 5) is 35.9. The molecule has 2 atom stereocenters. The van der Waals surface area contributed by atoms with E-state index in [0.717, 1.165) is 22.0 Å². The molecule has 2 bridgehead atoms. The lowest BCUT2D eigenvalue weighted by molar-refractivity contribution is -0.141. The molecule has 0 aliphatic carbocycles. The zero-order valence-electron chi connectivity index (χ0n) is 24.4. The molecule has 1 aliphatic rings. The molecule has 6 rings (SSSR count). The predicted octanol–water partition coefficient (Wildman–Crippen LogP) is 6.07. The second kappa shape index (κ2) is 12.5. The number of rotatable bonds is 4. The monoisotopic (exact) mass is 649 g/mol. The average Bonchev–Trinajstić information content (AvgIpc) is 3.54. The Kier molecular flexibility index (Phi) is 8.45. The van der Waals surface area contributed by atoms with E-state index in [1.807, 2.05) is 19.1 Å². The van der Waals surface area contributed by atoms with Crippen LogP contribution in [-0.4, -0.2) is 40.5 Å². The Morgan fingerprint density at radius 3 is 2.59 bits per heavy atom. The maximum atomic E-state index is 13.7. The van der Waals surface area contributed by atoms with E-state index in [1.54, 1.807) is 24.4 Å². The molecule has 14 heteroatoms. The first kappa shape index (κ1) is 31.1. The molecule has 10 nitrogen and oxygen atoms in total. The van der Waals surface area contributed by atoms with E-state index in [1.165, 1.54) is 35.2 Å². The van der Waals surface area contributed by atoms with Crippen LogP contribution in [0.15, 0.2) is 78.1 Å². The van der Waals surface area contributed by atoms with Gasteiger partial charge in [-0.15, -0.1) is 5.10 Å². The van der Waals surface area contributed by atoms with E-state index in [4.69, 9.17) is 11.6 Å². The highest BCUT2D eigenvalue weighted by molar-refractivity contribution is 6.31. The fourth-order valence-corrected chi connectivity index (χ4v) is 5.67. The summed E-state index contributed by atoms with van der Waals surface area (Å²) in [7, 11) is 0. The fourth-order valence-electron chi connectivity index (χ4n) is 5.49. The van der Waals surface area contributed by atoms with Gasteiger partial charge in [-0.1, -0.05) is 42.3 Å². The predicted molar refractivity (Wildman–Crippen MR) is 164 cm³/mol. The number of pyridine rings is 1. The Bertz CT molecular complexity index is 1990. The van der Waals surface area contributed by atoms with Gasteiger partial charge in [0.2, 0.25) is 5.91 Å². The summed E-state index contributed by atoms with van der Waals surface area (Å²) in [6.45, 7) is 1.65. The van der Waals surface area contributed by atoms with Crippen LogP contribution >= 0.6 is 11.6 Å². The highest BCUT2D eigenvalue weighted by Crippen LogP contribution is 2.34. The number of nitrogens with one attached hydrogen (secondary N) is 1. The number of halogens is 4. The van der Waals surface area contributed by atoms with Crippen molar-refractivity contribution in [1.29, 1.82) is 0 Å². The molecular weight excluding hydrogens is 623 g/mol. The fraction of sp³-hybridized carbons (Fsp3) is 0.250. The number of carbonyl (C=O) groups excluding carboxylic acids is 1. The van der Waals surface area contributed by atoms with Gasteiger partial charge in [-0.2, -0.15) is 13.2 Å². The number of nitrogens with zero attached hydrogens (tertiary/aromatic N) is 6. The first-order chi connectivity index (χ1) is 22.0. The second-order valence-corrected chi connectivity index (χ2v) is 11.5. The van der Waals surface area contributed by atoms with Gasteiger partial charge in [-0.25, -0.2) is 9.67 Å². The van der Waals surface area contributed by atoms with E-state index in [-0.39, 0.29) is 40.4 Å². The highest BCUT2D eigenvalue weighted by Gasteiger charge is 2.35. The molecule has 46 heavy (non-hydrogen) atoms. The molecule has 0 saturated carbocycles. The third-order valence-corrected chi connectivity index (χ3v) is 8.19. The number of hydrogen-bond acceptors (Lipinski definition) is 7. The lowest BCUT2D eigenvalue weighted by Crippen LogP contribution is -2.27. The number of alkyl halides is 3. The zero-order chi connectivity index (χ0) is 32.6. The summed E-state index contributed by atoms with van der Waals surface area (Å²) in [5.74, 6) is -0.483. The highest BCUT2D eigenvalue weighted by atomic mass is 35.5. The zero-order valence-corrected chi connectivity index (χ0v) is 25.1. The Labute approximate surface area is 265 Å². The third kappa shape index (κ3) is 6.28. The van der Waals surface area contributed by atoms with Crippen molar-refractivity contribution in [1.82, 2.24) is 29.5 Å². The van der Waals surface area contributed by atoms with Crippen molar-refractivity contribution in [3.8, 4) is 28.1 Å². The van der Waals surface area contributed by atoms with Gasteiger partial charge in [0.15, 0.2) is 5.69 Å². The van der Waals surface area contributed by atoms with Crippen molar-refractivity contribution < 1.29 is 23.1 Å². The lowest BCUT2D eigenvalue weighted by atomic mass is 9.95. The van der Waals surface area contributed by atoms with Crippen LogP contribution in [-0.2, 0) is 17.6 Å². The quantitative estimate of drug-likeness (QED) is 0.242. The molecule has 3 aromatic heterocycles. The first-order valence-corrected chi connectivity index (χ1v) is 14.8. The maximum absolute atomic E-state index is 13.7. The molecular formula is C32H27ClF3N7O3. The topological polar surface area (TPSA) is 128 Å². The van der Waals surface area contributed by atoms with E-state index in [9.17, 15) is 27.9 Å². The number of benzene rings is 2. The number of hydrogen-bond donors (Lipinski definition) is 2. The third-order valence-electron chi connectivity index (χ3n) is 7.96. The molecule has 1 amide bonds. The van der Waals surface area contributed by atoms with Crippen LogP contribution in [0.2, 0.25) is 5.02 Å². The minimum atomic E-state index is -4.69. The SMILES string of the molecule is C[C@@H]1CCC[C@H](n2cnc(-c3cc(Cl)ccc3-n3cc(C(F)(F)F)nn3)cc2=O)c2cc(ccn2)-c2ccc(CO)cc2NC1=O. The standard InChI is InChI=1S/C32H27ClF3N7O3/c1-18-3-2-4-28(26-12-20(9-10-37-26)22-7-5-19(16-44)11-25(22)39-31(18)46)42-17-38-24(14-30(42)45)23-13-21(33)6-8-27(23)43-15-29(40-41-43)32(34,35)36/h5-15,17-18,28,44H,2-4,16H2,1H3,(H,39,46)/t18-,28+/m1/s1. The molecule has 0 fully saturated rings. The number of fused-ring (bicyclic) bond motifs is 4. The summed E-state index contributed by atoms with van der Waals surface area (Å²) >= 11 is 6.24. The molecule has 236 valence electrons. The number of carbonyl (C=O) groups is 1. The number of aromatic nitrogens is 6. The van der Waals surface area contributed by atoms with Gasteiger partial charge < -0.3 is 10.4 Å². The van der Waals surface area contributed by atoms with Crippen molar-refractivity contribution in [2.24, 2.45) is 5.92 Å². The Morgan fingerprint density at radius 1 is 1.02 bits per heavy atom. The molecule has 0 saturated heterocycles. The van der Waals surface area contributed by atoms with Crippen LogP contribution in [0.25, 0.3) is 28.1 Å². The molecule has 0 spiro atoms. The Balaban J connectivity index is 1.42. The average molecular weight is 650 g/mol. The van der Waals surface area contributed by atoms with Gasteiger partial charge >= 0.3 is 6.18 Å². The number of anilines is 1. The van der Waals surface area contributed by atoms with Crippen molar-refractivity contribution in [2.75, 3.05) is 5.32 Å². The molecule has 5 aromatic rings. The Morgan fingerprint density at radius 2 is 1.85 bits per heavy atom.